The molecular formula is C15H11N5O2. The molecule has 0 aliphatic carbocycles. The summed E-state index contributed by atoms with van der Waals surface area (Å²) in [5.41, 5.74) is 3.35. The molecule has 0 fully saturated rings. The van der Waals surface area contributed by atoms with E-state index in [4.69, 9.17) is 4.84 Å². The number of aromatic amines is 1. The number of hydrogen-bond acceptors (Lipinski definition) is 5. The fourth-order valence-corrected chi connectivity index (χ4v) is 2.34. The van der Waals surface area contributed by atoms with E-state index in [0.717, 1.165) is 21.3 Å². The maximum atomic E-state index is 12.4. The van der Waals surface area contributed by atoms with Gasteiger partial charge in [0.05, 0.1) is 5.56 Å². The fraction of sp³-hybridized carbons (Fsp3) is 0.0667. The van der Waals surface area contributed by atoms with Gasteiger partial charge in [-0.25, -0.2) is 9.78 Å². The summed E-state index contributed by atoms with van der Waals surface area (Å²) >= 11 is 0. The van der Waals surface area contributed by atoms with Crippen molar-refractivity contribution in [1.29, 1.82) is 0 Å². The van der Waals surface area contributed by atoms with Crippen LogP contribution in [-0.4, -0.2) is 31.1 Å². The van der Waals surface area contributed by atoms with Crippen molar-refractivity contribution in [2.24, 2.45) is 0 Å². The Bertz CT molecular complexity index is 1000. The van der Waals surface area contributed by atoms with Gasteiger partial charge in [-0.05, 0) is 36.4 Å². The molecule has 0 aliphatic rings. The van der Waals surface area contributed by atoms with Crippen LogP contribution in [0.15, 0.2) is 42.7 Å². The normalized spacial score (nSPS) is 11.1. The first-order valence-corrected chi connectivity index (χ1v) is 6.69. The summed E-state index contributed by atoms with van der Waals surface area (Å²) < 4.78 is 0. The van der Waals surface area contributed by atoms with Crippen molar-refractivity contribution in [2.45, 2.75) is 6.92 Å². The second-order valence-electron chi connectivity index (χ2n) is 4.94. The van der Waals surface area contributed by atoms with Gasteiger partial charge in [0.1, 0.15) is 0 Å². The van der Waals surface area contributed by atoms with Crippen LogP contribution in [-0.2, 0) is 0 Å². The van der Waals surface area contributed by atoms with E-state index in [0.29, 0.717) is 16.7 Å². The number of benzene rings is 1. The molecule has 4 rings (SSSR count). The molecule has 4 aromatic rings. The van der Waals surface area contributed by atoms with Crippen LogP contribution in [0.1, 0.15) is 15.9 Å². The lowest BCUT2D eigenvalue weighted by Crippen LogP contribution is -2.20. The average Bonchev–Trinajstić information content (AvgIpc) is 3.11. The summed E-state index contributed by atoms with van der Waals surface area (Å²) in [6.45, 7) is 1.97. The Labute approximate surface area is 124 Å². The lowest BCUT2D eigenvalue weighted by atomic mass is 10.1. The number of fused-ring (bicyclic) bond motifs is 2. The molecule has 3 heterocycles. The molecule has 22 heavy (non-hydrogen) atoms. The van der Waals surface area contributed by atoms with Gasteiger partial charge in [-0.2, -0.15) is 0 Å². The predicted molar refractivity (Wildman–Crippen MR) is 79.3 cm³/mol. The highest BCUT2D eigenvalue weighted by atomic mass is 16.7. The first-order chi connectivity index (χ1) is 10.7. The van der Waals surface area contributed by atoms with Gasteiger partial charge in [0.25, 0.3) is 0 Å². The molecule has 0 unspecified atom stereocenters. The summed E-state index contributed by atoms with van der Waals surface area (Å²) in [5, 5.41) is 8.45. The summed E-state index contributed by atoms with van der Waals surface area (Å²) in [7, 11) is 0. The van der Waals surface area contributed by atoms with Crippen molar-refractivity contribution >= 4 is 28.0 Å². The number of rotatable bonds is 2. The van der Waals surface area contributed by atoms with Crippen LogP contribution >= 0.6 is 0 Å². The number of carbonyl (C=O) groups excluding carboxylic acids is 1. The average molecular weight is 293 g/mol. The van der Waals surface area contributed by atoms with E-state index in [9.17, 15) is 4.79 Å². The van der Waals surface area contributed by atoms with Crippen molar-refractivity contribution in [1.82, 2.24) is 25.1 Å². The Hall–Kier alpha value is -3.22. The molecular weight excluding hydrogens is 282 g/mol. The highest BCUT2D eigenvalue weighted by Crippen LogP contribution is 2.20. The zero-order valence-corrected chi connectivity index (χ0v) is 11.6. The van der Waals surface area contributed by atoms with Gasteiger partial charge in [-0.1, -0.05) is 16.5 Å². The Kier molecular flexibility index (Phi) is 2.65. The predicted octanol–water partition coefficient (Wildman–Crippen LogP) is 1.89. The number of nitrogens with one attached hydrogen (secondary N) is 1. The zero-order valence-electron chi connectivity index (χ0n) is 11.6. The third kappa shape index (κ3) is 1.91. The topological polar surface area (TPSA) is 85.7 Å². The maximum absolute atomic E-state index is 12.4. The molecule has 0 radical (unpaired) electrons. The molecule has 1 N–H and O–H groups in total. The fourth-order valence-electron chi connectivity index (χ4n) is 2.34. The Morgan fingerprint density at radius 1 is 1.32 bits per heavy atom. The number of nitrogens with zero attached hydrogens (tertiary/aromatic N) is 4. The Morgan fingerprint density at radius 2 is 2.23 bits per heavy atom. The lowest BCUT2D eigenvalue weighted by molar-refractivity contribution is 0.0411. The zero-order chi connectivity index (χ0) is 15.1. The van der Waals surface area contributed by atoms with Gasteiger partial charge in [0.2, 0.25) is 5.65 Å². The molecule has 7 nitrogen and oxygen atoms in total. The molecule has 0 saturated heterocycles. The highest BCUT2D eigenvalue weighted by Gasteiger charge is 2.17. The van der Waals surface area contributed by atoms with Crippen LogP contribution in [0.4, 0.5) is 0 Å². The largest absolute Gasteiger partial charge is 0.367 e. The molecule has 0 amide bonds. The molecule has 108 valence electrons. The monoisotopic (exact) mass is 293 g/mol. The number of hydrogen-bond donors (Lipinski definition) is 1. The van der Waals surface area contributed by atoms with Crippen molar-refractivity contribution in [3.8, 4) is 0 Å². The molecule has 0 aliphatic heterocycles. The minimum atomic E-state index is -0.507. The molecule has 0 saturated carbocycles. The summed E-state index contributed by atoms with van der Waals surface area (Å²) in [6.07, 6.45) is 3.23. The van der Waals surface area contributed by atoms with E-state index < -0.39 is 5.97 Å². The van der Waals surface area contributed by atoms with Crippen molar-refractivity contribution < 1.29 is 9.63 Å². The van der Waals surface area contributed by atoms with Gasteiger partial charge in [-0.3, -0.25) is 0 Å². The quantitative estimate of drug-likeness (QED) is 0.570. The van der Waals surface area contributed by atoms with Crippen LogP contribution < -0.4 is 4.84 Å². The van der Waals surface area contributed by atoms with Crippen LogP contribution in [0, 0.1) is 6.92 Å². The van der Waals surface area contributed by atoms with Crippen molar-refractivity contribution in [3.63, 3.8) is 0 Å². The Morgan fingerprint density at radius 3 is 3.14 bits per heavy atom. The van der Waals surface area contributed by atoms with Crippen LogP contribution in [0.5, 0.6) is 0 Å². The van der Waals surface area contributed by atoms with E-state index >= 15 is 0 Å². The molecule has 3 aromatic heterocycles. The first kappa shape index (κ1) is 12.5. The third-order valence-electron chi connectivity index (χ3n) is 3.42. The molecule has 0 bridgehead atoms. The Balaban J connectivity index is 1.73. The van der Waals surface area contributed by atoms with Gasteiger partial charge < -0.3 is 9.82 Å². The van der Waals surface area contributed by atoms with Gasteiger partial charge >= 0.3 is 5.97 Å². The van der Waals surface area contributed by atoms with Crippen molar-refractivity contribution in [2.75, 3.05) is 0 Å². The van der Waals surface area contributed by atoms with E-state index in [1.54, 1.807) is 24.5 Å². The minimum absolute atomic E-state index is 0.421. The number of carbonyl (C=O) groups is 1. The SMILES string of the molecule is Cc1ccc2[nH]cc(C(=O)On3nnc4ncccc43)c2c1. The molecule has 1 aromatic carbocycles. The second kappa shape index (κ2) is 4.66. The first-order valence-electron chi connectivity index (χ1n) is 6.69. The highest BCUT2D eigenvalue weighted by molar-refractivity contribution is 6.04. The van der Waals surface area contributed by atoms with Crippen LogP contribution in [0.3, 0.4) is 0 Å². The minimum Gasteiger partial charge on any atom is -0.360 e. The van der Waals surface area contributed by atoms with Crippen LogP contribution in [0.2, 0.25) is 0 Å². The third-order valence-corrected chi connectivity index (χ3v) is 3.42. The van der Waals surface area contributed by atoms with E-state index in [1.807, 2.05) is 25.1 Å². The summed E-state index contributed by atoms with van der Waals surface area (Å²) in [6, 6.07) is 9.30. The second-order valence-corrected chi connectivity index (χ2v) is 4.94. The van der Waals surface area contributed by atoms with Crippen molar-refractivity contribution in [3.05, 3.63) is 53.9 Å². The smallest absolute Gasteiger partial charge is 0.360 e. The molecule has 0 spiro atoms. The van der Waals surface area contributed by atoms with Gasteiger partial charge in [0, 0.05) is 23.3 Å². The number of aryl methyl sites for hydroxylation is 1. The molecule has 7 heteroatoms. The maximum Gasteiger partial charge on any atom is 0.367 e. The van der Waals surface area contributed by atoms with E-state index in [1.165, 1.54) is 0 Å². The van der Waals surface area contributed by atoms with E-state index in [-0.39, 0.29) is 0 Å². The van der Waals surface area contributed by atoms with Crippen LogP contribution in [0.25, 0.3) is 22.1 Å². The van der Waals surface area contributed by atoms with Gasteiger partial charge in [0.15, 0.2) is 5.52 Å². The number of H-pyrrole nitrogens is 1. The number of pyridine rings is 1. The summed E-state index contributed by atoms with van der Waals surface area (Å²) in [5.74, 6) is -0.507. The standard InChI is InChI=1S/C15H11N5O2/c1-9-4-5-12-10(7-9)11(8-17-12)15(21)22-20-13-3-2-6-16-14(13)18-19-20/h2-8,17H,1H3. The van der Waals surface area contributed by atoms with Gasteiger partial charge in [-0.15, -0.1) is 5.10 Å². The summed E-state index contributed by atoms with van der Waals surface area (Å²) in [4.78, 5) is 25.9. The lowest BCUT2D eigenvalue weighted by Gasteiger charge is -2.02. The number of aromatic nitrogens is 5. The molecule has 0 atom stereocenters. The van der Waals surface area contributed by atoms with E-state index in [2.05, 4.69) is 20.3 Å².